The molecule has 0 unspecified atom stereocenters. The number of hydrogen-bond donors (Lipinski definition) is 0. The topological polar surface area (TPSA) is 82.6 Å². The molecule has 0 bridgehead atoms. The lowest BCUT2D eigenvalue weighted by Crippen LogP contribution is -2.08. The number of benzene rings is 2. The fraction of sp³-hybridized carbons (Fsp3) is 0. The molecular formula is C15H7NO5S. The number of nitrogens with zero attached hydrogens (tertiary/aromatic N) is 1. The van der Waals surface area contributed by atoms with E-state index in [1.807, 2.05) is 12.1 Å². The molecule has 0 N–H and O–H groups in total. The summed E-state index contributed by atoms with van der Waals surface area (Å²) in [6, 6.07) is 11.4. The second-order valence-corrected chi connectivity index (χ2v) is 5.69. The summed E-state index contributed by atoms with van der Waals surface area (Å²) in [5.74, 6) is 0.633. The van der Waals surface area contributed by atoms with Crippen molar-refractivity contribution < 1.29 is 14.1 Å². The fourth-order valence-corrected chi connectivity index (χ4v) is 3.35. The van der Waals surface area contributed by atoms with Crippen LogP contribution in [0.5, 0.6) is 11.5 Å². The lowest BCUT2D eigenvalue weighted by Gasteiger charge is -2.19. The number of rotatable bonds is 1. The Morgan fingerprint density at radius 2 is 1.95 bits per heavy atom. The Bertz CT molecular complexity index is 995. The van der Waals surface area contributed by atoms with Gasteiger partial charge in [-0.3, -0.25) is 10.1 Å². The number of nitro groups is 1. The van der Waals surface area contributed by atoms with Gasteiger partial charge in [-0.25, -0.2) is 4.79 Å². The first-order chi connectivity index (χ1) is 10.6. The van der Waals surface area contributed by atoms with Crippen LogP contribution in [0.1, 0.15) is 0 Å². The van der Waals surface area contributed by atoms with E-state index in [4.69, 9.17) is 9.15 Å². The molecule has 0 aliphatic carbocycles. The number of non-ortho nitro benzene ring substituents is 1. The van der Waals surface area contributed by atoms with Crippen molar-refractivity contribution in [3.63, 3.8) is 0 Å². The van der Waals surface area contributed by atoms with Crippen LogP contribution in [0.4, 0.5) is 5.69 Å². The molecule has 0 radical (unpaired) electrons. The largest absolute Gasteiger partial charge is 0.447 e. The minimum Gasteiger partial charge on any atom is -0.447 e. The van der Waals surface area contributed by atoms with E-state index in [1.165, 1.54) is 30.0 Å². The van der Waals surface area contributed by atoms with Gasteiger partial charge in [0.1, 0.15) is 11.3 Å². The first kappa shape index (κ1) is 12.9. The molecule has 1 aromatic heterocycles. The normalized spacial score (nSPS) is 12.4. The lowest BCUT2D eigenvalue weighted by molar-refractivity contribution is -0.384. The Morgan fingerprint density at radius 1 is 1.14 bits per heavy atom. The Balaban J connectivity index is 2.02. The van der Waals surface area contributed by atoms with Crippen molar-refractivity contribution in [2.24, 2.45) is 0 Å². The maximum atomic E-state index is 12.1. The monoisotopic (exact) mass is 313 g/mol. The van der Waals surface area contributed by atoms with Gasteiger partial charge in [-0.1, -0.05) is 23.9 Å². The zero-order valence-corrected chi connectivity index (χ0v) is 11.8. The molecule has 0 spiro atoms. The summed E-state index contributed by atoms with van der Waals surface area (Å²) in [5.41, 5.74) is -0.369. The van der Waals surface area contributed by atoms with Gasteiger partial charge in [0.15, 0.2) is 0 Å². The third-order valence-corrected chi connectivity index (χ3v) is 4.45. The molecule has 108 valence electrons. The molecule has 4 rings (SSSR count). The summed E-state index contributed by atoms with van der Waals surface area (Å²) < 4.78 is 10.8. The van der Waals surface area contributed by atoms with Crippen molar-refractivity contribution >= 4 is 28.4 Å². The molecule has 0 amide bonds. The second kappa shape index (κ2) is 4.60. The van der Waals surface area contributed by atoms with E-state index in [1.54, 1.807) is 12.1 Å². The summed E-state index contributed by atoms with van der Waals surface area (Å²) in [7, 11) is 0. The van der Waals surface area contributed by atoms with Crippen molar-refractivity contribution in [3.05, 3.63) is 63.0 Å². The smallest absolute Gasteiger partial charge is 0.380 e. The molecule has 0 saturated heterocycles. The Labute approximate surface area is 127 Å². The molecular weight excluding hydrogens is 306 g/mol. The quantitative estimate of drug-likeness (QED) is 0.300. The van der Waals surface area contributed by atoms with E-state index < -0.39 is 10.5 Å². The summed E-state index contributed by atoms with van der Waals surface area (Å²) in [6.07, 6.45) is 0. The number of fused-ring (bicyclic) bond motifs is 4. The van der Waals surface area contributed by atoms with Crippen molar-refractivity contribution in [1.82, 2.24) is 0 Å². The first-order valence-electron chi connectivity index (χ1n) is 6.33. The highest BCUT2D eigenvalue weighted by atomic mass is 32.2. The van der Waals surface area contributed by atoms with Crippen LogP contribution in [0.25, 0.3) is 11.0 Å². The molecule has 3 aromatic rings. The second-order valence-electron chi connectivity index (χ2n) is 4.64. The van der Waals surface area contributed by atoms with Crippen LogP contribution in [-0.2, 0) is 0 Å². The van der Waals surface area contributed by atoms with Crippen molar-refractivity contribution in [2.75, 3.05) is 0 Å². The van der Waals surface area contributed by atoms with Gasteiger partial charge in [0.05, 0.1) is 14.7 Å². The Morgan fingerprint density at radius 3 is 2.77 bits per heavy atom. The van der Waals surface area contributed by atoms with Crippen molar-refractivity contribution in [2.45, 2.75) is 9.79 Å². The summed E-state index contributed by atoms with van der Waals surface area (Å²) in [5, 5.41) is 11.4. The van der Waals surface area contributed by atoms with Gasteiger partial charge >= 0.3 is 5.63 Å². The lowest BCUT2D eigenvalue weighted by atomic mass is 10.2. The van der Waals surface area contributed by atoms with E-state index in [0.717, 1.165) is 4.90 Å². The first-order valence-corrected chi connectivity index (χ1v) is 7.15. The Kier molecular flexibility index (Phi) is 2.70. The molecule has 0 atom stereocenters. The van der Waals surface area contributed by atoms with Crippen LogP contribution in [0.3, 0.4) is 0 Å². The van der Waals surface area contributed by atoms with E-state index >= 15 is 0 Å². The zero-order valence-electron chi connectivity index (χ0n) is 10.9. The molecule has 22 heavy (non-hydrogen) atoms. The third kappa shape index (κ3) is 1.86. The van der Waals surface area contributed by atoms with Crippen molar-refractivity contribution in [1.29, 1.82) is 0 Å². The van der Waals surface area contributed by atoms with Crippen LogP contribution in [0.15, 0.2) is 61.5 Å². The predicted octanol–water partition coefficient (Wildman–Crippen LogP) is 3.96. The minimum absolute atomic E-state index is 0.0664. The van der Waals surface area contributed by atoms with Gasteiger partial charge < -0.3 is 9.15 Å². The van der Waals surface area contributed by atoms with Crippen LogP contribution in [-0.4, -0.2) is 4.92 Å². The zero-order chi connectivity index (χ0) is 15.3. The van der Waals surface area contributed by atoms with Crippen LogP contribution >= 0.6 is 11.8 Å². The van der Waals surface area contributed by atoms with Gasteiger partial charge in [-0.2, -0.15) is 0 Å². The summed E-state index contributed by atoms with van der Waals surface area (Å²) in [6.45, 7) is 0. The van der Waals surface area contributed by atoms with E-state index in [2.05, 4.69) is 0 Å². The van der Waals surface area contributed by atoms with Crippen LogP contribution in [0.2, 0.25) is 0 Å². The number of nitro benzene ring substituents is 1. The summed E-state index contributed by atoms with van der Waals surface area (Å²) >= 11 is 1.34. The van der Waals surface area contributed by atoms with E-state index in [9.17, 15) is 14.9 Å². The van der Waals surface area contributed by atoms with Gasteiger partial charge in [-0.05, 0) is 18.2 Å². The highest BCUT2D eigenvalue weighted by Crippen LogP contribution is 2.48. The molecule has 0 fully saturated rings. The highest BCUT2D eigenvalue weighted by molar-refractivity contribution is 7.99. The fourth-order valence-electron chi connectivity index (χ4n) is 2.29. The van der Waals surface area contributed by atoms with E-state index in [-0.39, 0.29) is 11.4 Å². The minimum atomic E-state index is -0.599. The Hall–Kier alpha value is -2.80. The SMILES string of the molecule is O=c1oc2ccc([N+](=O)[O-])cc2c2c1Oc1ccccc1S2. The molecule has 2 aromatic carbocycles. The molecule has 1 aliphatic heterocycles. The highest BCUT2D eigenvalue weighted by Gasteiger charge is 2.25. The summed E-state index contributed by atoms with van der Waals surface area (Å²) in [4.78, 5) is 23.9. The van der Waals surface area contributed by atoms with Gasteiger partial charge in [-0.15, -0.1) is 0 Å². The molecule has 7 heteroatoms. The number of ether oxygens (including phenoxy) is 1. The van der Waals surface area contributed by atoms with Gasteiger partial charge in [0.2, 0.25) is 5.75 Å². The van der Waals surface area contributed by atoms with Crippen LogP contribution < -0.4 is 10.4 Å². The van der Waals surface area contributed by atoms with Gasteiger partial charge in [0, 0.05) is 17.5 Å². The average Bonchev–Trinajstić information content (AvgIpc) is 2.53. The molecule has 2 heterocycles. The van der Waals surface area contributed by atoms with Gasteiger partial charge in [0.25, 0.3) is 5.69 Å². The van der Waals surface area contributed by atoms with Crippen LogP contribution in [0, 0.1) is 10.1 Å². The molecule has 1 aliphatic rings. The predicted molar refractivity (Wildman–Crippen MR) is 79.8 cm³/mol. The standard InChI is InChI=1S/C15H7NO5S/c17-15-13-14(22-12-4-2-1-3-11(12)20-13)9-7-8(16(18)19)5-6-10(9)21-15/h1-7H. The van der Waals surface area contributed by atoms with E-state index in [0.29, 0.717) is 21.6 Å². The maximum Gasteiger partial charge on any atom is 0.380 e. The molecule has 6 nitrogen and oxygen atoms in total. The third-order valence-electron chi connectivity index (χ3n) is 3.29. The number of hydrogen-bond acceptors (Lipinski definition) is 6. The maximum absolute atomic E-state index is 12.1. The molecule has 0 saturated carbocycles. The average molecular weight is 313 g/mol. The van der Waals surface area contributed by atoms with Crippen molar-refractivity contribution in [3.8, 4) is 11.5 Å². The number of para-hydroxylation sites is 1.